The lowest BCUT2D eigenvalue weighted by Crippen LogP contribution is -2.38. The van der Waals surface area contributed by atoms with Crippen LogP contribution in [-0.2, 0) is 10.8 Å². The number of rotatable bonds is 2. The Balaban J connectivity index is 2.20. The van der Waals surface area contributed by atoms with E-state index >= 15 is 0 Å². The molecular weight excluding hydrogens is 268 g/mol. The Morgan fingerprint density at radius 3 is 2.47 bits per heavy atom. The van der Waals surface area contributed by atoms with Crippen LogP contribution in [0.25, 0.3) is 0 Å². The normalized spacial score (nSPS) is 26.5. The molecule has 0 bridgehead atoms. The van der Waals surface area contributed by atoms with Crippen molar-refractivity contribution in [2.75, 3.05) is 0 Å². The van der Waals surface area contributed by atoms with Crippen LogP contribution in [-0.4, -0.2) is 15.5 Å². The maximum absolute atomic E-state index is 13.7. The quantitative estimate of drug-likeness (QED) is 0.908. The molecule has 106 valence electrons. The molecule has 1 aliphatic carbocycles. The summed E-state index contributed by atoms with van der Waals surface area (Å²) in [6, 6.07) is 3.02. The lowest BCUT2D eigenvalue weighted by atomic mass is 9.97. The topological polar surface area (TPSA) is 43.1 Å². The molecule has 0 heterocycles. The Kier molecular flexibility index (Phi) is 5.05. The first-order valence-electron chi connectivity index (χ1n) is 6.71. The molecule has 2 N–H and O–H groups in total. The van der Waals surface area contributed by atoms with Crippen molar-refractivity contribution >= 4 is 10.8 Å². The van der Waals surface area contributed by atoms with Crippen LogP contribution in [0.15, 0.2) is 23.1 Å². The maximum Gasteiger partial charge on any atom is 0.142 e. The van der Waals surface area contributed by atoms with Crippen molar-refractivity contribution in [1.82, 2.24) is 0 Å². The number of hydrogen-bond acceptors (Lipinski definition) is 2. The van der Waals surface area contributed by atoms with E-state index in [1.807, 2.05) is 0 Å². The minimum atomic E-state index is -1.51. The highest BCUT2D eigenvalue weighted by atomic mass is 32.2. The van der Waals surface area contributed by atoms with Gasteiger partial charge in [-0.1, -0.05) is 25.7 Å². The molecule has 1 fully saturated rings. The number of benzene rings is 1. The number of hydrogen-bond donors (Lipinski definition) is 1. The zero-order chi connectivity index (χ0) is 13.8. The molecule has 5 heteroatoms. The van der Waals surface area contributed by atoms with Gasteiger partial charge >= 0.3 is 0 Å². The lowest BCUT2D eigenvalue weighted by molar-refractivity contribution is 0.455. The lowest BCUT2D eigenvalue weighted by Gasteiger charge is -2.25. The summed E-state index contributed by atoms with van der Waals surface area (Å²) in [5.74, 6) is -1.40. The van der Waals surface area contributed by atoms with E-state index in [-0.39, 0.29) is 16.2 Å². The first-order valence-corrected chi connectivity index (χ1v) is 7.92. The van der Waals surface area contributed by atoms with Gasteiger partial charge in [0.05, 0.1) is 20.9 Å². The fraction of sp³-hybridized carbons (Fsp3) is 0.571. The third-order valence-electron chi connectivity index (χ3n) is 3.64. The van der Waals surface area contributed by atoms with Crippen molar-refractivity contribution in [3.8, 4) is 0 Å². The highest BCUT2D eigenvalue weighted by Crippen LogP contribution is 2.25. The fourth-order valence-electron chi connectivity index (χ4n) is 2.55. The van der Waals surface area contributed by atoms with Crippen molar-refractivity contribution in [3.05, 3.63) is 29.8 Å². The molecule has 2 nitrogen and oxygen atoms in total. The summed E-state index contributed by atoms with van der Waals surface area (Å²) in [6.07, 6.45) is 5.81. The largest absolute Gasteiger partial charge is 0.327 e. The van der Waals surface area contributed by atoms with E-state index in [1.54, 1.807) is 0 Å². The van der Waals surface area contributed by atoms with E-state index in [0.717, 1.165) is 50.7 Å². The van der Waals surface area contributed by atoms with Gasteiger partial charge in [-0.05, 0) is 25.0 Å². The zero-order valence-electron chi connectivity index (χ0n) is 10.8. The van der Waals surface area contributed by atoms with Gasteiger partial charge in [0.15, 0.2) is 0 Å². The molecule has 3 unspecified atom stereocenters. The molecular formula is C14H19F2NOS. The first kappa shape index (κ1) is 14.6. The minimum absolute atomic E-state index is 0.0717. The molecule has 0 saturated heterocycles. The van der Waals surface area contributed by atoms with E-state index in [1.165, 1.54) is 6.07 Å². The van der Waals surface area contributed by atoms with Gasteiger partial charge in [-0.2, -0.15) is 0 Å². The van der Waals surface area contributed by atoms with E-state index in [9.17, 15) is 13.0 Å². The Bertz CT molecular complexity index is 467. The second-order valence-electron chi connectivity index (χ2n) is 5.07. The smallest absolute Gasteiger partial charge is 0.142 e. The van der Waals surface area contributed by atoms with Crippen LogP contribution in [0.1, 0.15) is 38.5 Å². The second-order valence-corrected chi connectivity index (χ2v) is 6.71. The van der Waals surface area contributed by atoms with Gasteiger partial charge in [-0.25, -0.2) is 8.78 Å². The van der Waals surface area contributed by atoms with Crippen LogP contribution in [0.3, 0.4) is 0 Å². The molecule has 1 aromatic rings. The van der Waals surface area contributed by atoms with Gasteiger partial charge in [0.2, 0.25) is 0 Å². The standard InChI is InChI=1S/C14H19F2NOS/c15-10-7-8-13(11(16)9-10)19(18)14-6-4-2-1-3-5-12(14)17/h7-9,12,14H,1-6,17H2. The highest BCUT2D eigenvalue weighted by molar-refractivity contribution is 7.85. The average molecular weight is 287 g/mol. The number of halogens is 2. The molecule has 3 atom stereocenters. The fourth-order valence-corrected chi connectivity index (χ4v) is 4.16. The Morgan fingerprint density at radius 2 is 1.79 bits per heavy atom. The first-order chi connectivity index (χ1) is 9.09. The van der Waals surface area contributed by atoms with E-state index in [4.69, 9.17) is 5.73 Å². The monoisotopic (exact) mass is 287 g/mol. The van der Waals surface area contributed by atoms with Crippen LogP contribution in [0.2, 0.25) is 0 Å². The summed E-state index contributed by atoms with van der Waals surface area (Å²) < 4.78 is 39.1. The Morgan fingerprint density at radius 1 is 1.11 bits per heavy atom. The van der Waals surface area contributed by atoms with Crippen molar-refractivity contribution in [2.24, 2.45) is 5.73 Å². The molecule has 1 saturated carbocycles. The van der Waals surface area contributed by atoms with Gasteiger partial charge in [0.25, 0.3) is 0 Å². The Hall–Kier alpha value is -0.810. The van der Waals surface area contributed by atoms with E-state index in [0.29, 0.717) is 0 Å². The molecule has 2 rings (SSSR count). The van der Waals surface area contributed by atoms with Crippen molar-refractivity contribution in [2.45, 2.75) is 54.7 Å². The molecule has 0 aliphatic heterocycles. The summed E-state index contributed by atoms with van der Waals surface area (Å²) in [5.41, 5.74) is 6.08. The van der Waals surface area contributed by atoms with Gasteiger partial charge in [0.1, 0.15) is 11.6 Å². The predicted octanol–water partition coefficient (Wildman–Crippen LogP) is 3.12. The number of nitrogens with two attached hydrogens (primary N) is 1. The van der Waals surface area contributed by atoms with Crippen LogP contribution < -0.4 is 5.73 Å². The summed E-state index contributed by atoms with van der Waals surface area (Å²) in [6.45, 7) is 0. The highest BCUT2D eigenvalue weighted by Gasteiger charge is 2.27. The Labute approximate surface area is 114 Å². The van der Waals surface area contributed by atoms with Gasteiger partial charge < -0.3 is 5.73 Å². The molecule has 0 amide bonds. The van der Waals surface area contributed by atoms with Gasteiger partial charge in [0, 0.05) is 12.1 Å². The predicted molar refractivity (Wildman–Crippen MR) is 72.2 cm³/mol. The zero-order valence-corrected chi connectivity index (χ0v) is 11.6. The summed E-state index contributed by atoms with van der Waals surface area (Å²) >= 11 is 0. The second kappa shape index (κ2) is 6.57. The summed E-state index contributed by atoms with van der Waals surface area (Å²) in [5, 5.41) is -0.236. The SMILES string of the molecule is NC1CCCCCCC1S(=O)c1ccc(F)cc1F. The van der Waals surface area contributed by atoms with Crippen LogP contribution in [0.4, 0.5) is 8.78 Å². The molecule has 0 spiro atoms. The van der Waals surface area contributed by atoms with Crippen LogP contribution in [0.5, 0.6) is 0 Å². The van der Waals surface area contributed by atoms with Crippen molar-refractivity contribution in [1.29, 1.82) is 0 Å². The van der Waals surface area contributed by atoms with E-state index in [2.05, 4.69) is 0 Å². The molecule has 19 heavy (non-hydrogen) atoms. The molecule has 0 aromatic heterocycles. The molecule has 0 radical (unpaired) electrons. The maximum atomic E-state index is 13.7. The summed E-state index contributed by atoms with van der Waals surface area (Å²) in [4.78, 5) is 0.0717. The van der Waals surface area contributed by atoms with Gasteiger partial charge in [-0.15, -0.1) is 0 Å². The van der Waals surface area contributed by atoms with Crippen molar-refractivity contribution in [3.63, 3.8) is 0 Å². The van der Waals surface area contributed by atoms with Crippen molar-refractivity contribution < 1.29 is 13.0 Å². The average Bonchev–Trinajstić information content (AvgIpc) is 2.33. The summed E-state index contributed by atoms with van der Waals surface area (Å²) in [7, 11) is -1.51. The van der Waals surface area contributed by atoms with Crippen LogP contribution in [0, 0.1) is 11.6 Å². The molecule has 1 aromatic carbocycles. The third-order valence-corrected chi connectivity index (χ3v) is 5.54. The molecule has 1 aliphatic rings. The van der Waals surface area contributed by atoms with E-state index < -0.39 is 22.4 Å². The third kappa shape index (κ3) is 3.60. The van der Waals surface area contributed by atoms with Crippen LogP contribution >= 0.6 is 0 Å². The minimum Gasteiger partial charge on any atom is -0.327 e. The van der Waals surface area contributed by atoms with Gasteiger partial charge in [-0.3, -0.25) is 4.21 Å².